The number of hydrogen-bond donors (Lipinski definition) is 1. The van der Waals surface area contributed by atoms with E-state index >= 15 is 0 Å². The lowest BCUT2D eigenvalue weighted by atomic mass is 10.1. The molecule has 27 heavy (non-hydrogen) atoms. The van der Waals surface area contributed by atoms with Crippen molar-refractivity contribution in [2.24, 2.45) is 5.92 Å². The lowest BCUT2D eigenvalue weighted by molar-refractivity contribution is -0.138. The third-order valence-electron chi connectivity index (χ3n) is 4.30. The van der Waals surface area contributed by atoms with Gasteiger partial charge in [-0.25, -0.2) is 9.37 Å². The Morgan fingerprint density at radius 1 is 1.37 bits per heavy atom. The number of ether oxygens (including phenoxy) is 1. The average molecular weight is 391 g/mol. The Bertz CT molecular complexity index is 807. The van der Waals surface area contributed by atoms with Gasteiger partial charge in [0.25, 0.3) is 0 Å². The predicted molar refractivity (Wildman–Crippen MR) is 101 cm³/mol. The summed E-state index contributed by atoms with van der Waals surface area (Å²) in [5.41, 5.74) is 1.48. The quantitative estimate of drug-likeness (QED) is 0.851. The van der Waals surface area contributed by atoms with Crippen molar-refractivity contribution in [3.05, 3.63) is 46.7 Å². The molecule has 6 nitrogen and oxygen atoms in total. The van der Waals surface area contributed by atoms with Gasteiger partial charge in [0.15, 0.2) is 5.13 Å². The van der Waals surface area contributed by atoms with Gasteiger partial charge in [-0.15, -0.1) is 11.3 Å². The van der Waals surface area contributed by atoms with Crippen LogP contribution in [0.1, 0.15) is 31.2 Å². The molecule has 0 unspecified atom stereocenters. The number of halogens is 1. The van der Waals surface area contributed by atoms with E-state index < -0.39 is 0 Å². The van der Waals surface area contributed by atoms with E-state index in [0.717, 1.165) is 5.56 Å². The summed E-state index contributed by atoms with van der Waals surface area (Å²) in [7, 11) is 0. The summed E-state index contributed by atoms with van der Waals surface area (Å²) in [5.74, 6) is -0.572. The number of aromatic nitrogens is 1. The Morgan fingerprint density at radius 2 is 2.11 bits per heavy atom. The van der Waals surface area contributed by atoms with E-state index in [2.05, 4.69) is 10.3 Å². The molecular weight excluding hydrogens is 369 g/mol. The molecule has 0 spiro atoms. The zero-order valence-corrected chi connectivity index (χ0v) is 16.1. The van der Waals surface area contributed by atoms with E-state index in [-0.39, 0.29) is 36.1 Å². The number of amides is 2. The minimum atomic E-state index is -0.300. The fourth-order valence-electron chi connectivity index (χ4n) is 2.72. The standard InChI is InChI=1S/C19H22FN3O3S/c1-12(2)18(25)22-19-21-15(11-27-19)9-17(24)23-7-8-26-16(10-23)13-3-5-14(20)6-4-13/h3-6,11-12,16H,7-10H2,1-2H3,(H,21,22,25)/t16-/m1/s1. The molecule has 2 amide bonds. The van der Waals surface area contributed by atoms with Crippen LogP contribution < -0.4 is 5.32 Å². The van der Waals surface area contributed by atoms with Gasteiger partial charge in [0.05, 0.1) is 25.3 Å². The Balaban J connectivity index is 1.58. The highest BCUT2D eigenvalue weighted by Gasteiger charge is 2.26. The van der Waals surface area contributed by atoms with Gasteiger partial charge in [-0.1, -0.05) is 26.0 Å². The van der Waals surface area contributed by atoms with Crippen molar-refractivity contribution in [3.8, 4) is 0 Å². The Morgan fingerprint density at radius 3 is 2.81 bits per heavy atom. The van der Waals surface area contributed by atoms with Crippen molar-refractivity contribution in [2.45, 2.75) is 26.4 Å². The monoisotopic (exact) mass is 391 g/mol. The molecule has 1 aromatic carbocycles. The summed E-state index contributed by atoms with van der Waals surface area (Å²) in [4.78, 5) is 30.4. The largest absolute Gasteiger partial charge is 0.370 e. The number of benzene rings is 1. The molecule has 1 atom stereocenters. The van der Waals surface area contributed by atoms with E-state index in [1.807, 2.05) is 13.8 Å². The van der Waals surface area contributed by atoms with Crippen molar-refractivity contribution < 1.29 is 18.7 Å². The maximum Gasteiger partial charge on any atom is 0.228 e. The second-order valence-electron chi connectivity index (χ2n) is 6.72. The molecule has 1 N–H and O–H groups in total. The molecule has 0 bridgehead atoms. The van der Waals surface area contributed by atoms with Gasteiger partial charge in [-0.05, 0) is 17.7 Å². The molecule has 1 aliphatic heterocycles. The number of thiazole rings is 1. The van der Waals surface area contributed by atoms with E-state index in [4.69, 9.17) is 4.74 Å². The zero-order chi connectivity index (χ0) is 19.4. The van der Waals surface area contributed by atoms with E-state index in [0.29, 0.717) is 30.5 Å². The molecule has 3 rings (SSSR count). The maximum atomic E-state index is 13.1. The van der Waals surface area contributed by atoms with Crippen LogP contribution in [0.25, 0.3) is 0 Å². The van der Waals surface area contributed by atoms with Gasteiger partial charge in [0.1, 0.15) is 11.9 Å². The minimum Gasteiger partial charge on any atom is -0.370 e. The summed E-state index contributed by atoms with van der Waals surface area (Å²) in [5, 5.41) is 5.03. The predicted octanol–water partition coefficient (Wildman–Crippen LogP) is 3.02. The van der Waals surface area contributed by atoms with Gasteiger partial charge < -0.3 is 15.0 Å². The Kier molecular flexibility index (Phi) is 6.18. The molecule has 0 aliphatic carbocycles. The van der Waals surface area contributed by atoms with Gasteiger partial charge in [0.2, 0.25) is 11.8 Å². The SMILES string of the molecule is CC(C)C(=O)Nc1nc(CC(=O)N2CCO[C@@H](c3ccc(F)cc3)C2)cs1. The van der Waals surface area contributed by atoms with Crippen LogP contribution in [0.2, 0.25) is 0 Å². The van der Waals surface area contributed by atoms with Crippen molar-refractivity contribution in [1.29, 1.82) is 0 Å². The maximum absolute atomic E-state index is 13.1. The van der Waals surface area contributed by atoms with E-state index in [1.54, 1.807) is 22.4 Å². The van der Waals surface area contributed by atoms with Gasteiger partial charge in [-0.3, -0.25) is 9.59 Å². The summed E-state index contributed by atoms with van der Waals surface area (Å²) in [6.07, 6.45) is -0.0934. The number of hydrogen-bond acceptors (Lipinski definition) is 5. The lowest BCUT2D eigenvalue weighted by Gasteiger charge is -2.33. The average Bonchev–Trinajstić information content (AvgIpc) is 3.09. The van der Waals surface area contributed by atoms with Crippen LogP contribution >= 0.6 is 11.3 Å². The molecule has 1 fully saturated rings. The normalized spacial score (nSPS) is 17.2. The fraction of sp³-hybridized carbons (Fsp3) is 0.421. The first-order chi connectivity index (χ1) is 12.9. The topological polar surface area (TPSA) is 71.5 Å². The van der Waals surface area contributed by atoms with Gasteiger partial charge in [-0.2, -0.15) is 0 Å². The van der Waals surface area contributed by atoms with E-state index in [9.17, 15) is 14.0 Å². The number of carbonyl (C=O) groups excluding carboxylic acids is 2. The second-order valence-corrected chi connectivity index (χ2v) is 7.57. The number of nitrogens with zero attached hydrogens (tertiary/aromatic N) is 2. The van der Waals surface area contributed by atoms with Crippen LogP contribution in [-0.4, -0.2) is 41.4 Å². The third kappa shape index (κ3) is 5.11. The minimum absolute atomic E-state index is 0.0440. The first-order valence-electron chi connectivity index (χ1n) is 8.82. The molecule has 0 saturated carbocycles. The van der Waals surface area contributed by atoms with Gasteiger partial charge in [0, 0.05) is 17.8 Å². The Hall–Kier alpha value is -2.32. The molecule has 2 aromatic rings. The van der Waals surface area contributed by atoms with Crippen molar-refractivity contribution in [2.75, 3.05) is 25.0 Å². The molecule has 0 radical (unpaired) electrons. The smallest absolute Gasteiger partial charge is 0.228 e. The molecule has 2 heterocycles. The lowest BCUT2D eigenvalue weighted by Crippen LogP contribution is -2.43. The molecule has 1 saturated heterocycles. The van der Waals surface area contributed by atoms with Crippen molar-refractivity contribution in [1.82, 2.24) is 9.88 Å². The first kappa shape index (κ1) is 19.4. The summed E-state index contributed by atoms with van der Waals surface area (Å²) in [6, 6.07) is 6.14. The van der Waals surface area contributed by atoms with Crippen LogP contribution in [0.4, 0.5) is 9.52 Å². The number of morpholine rings is 1. The molecular formula is C19H22FN3O3S. The number of nitrogens with one attached hydrogen (secondary N) is 1. The van der Waals surface area contributed by atoms with Crippen LogP contribution in [-0.2, 0) is 20.7 Å². The number of anilines is 1. The highest BCUT2D eigenvalue weighted by atomic mass is 32.1. The highest BCUT2D eigenvalue weighted by molar-refractivity contribution is 7.13. The second kappa shape index (κ2) is 8.58. The Labute approximate surface area is 161 Å². The molecule has 1 aromatic heterocycles. The molecule has 1 aliphatic rings. The number of carbonyl (C=O) groups is 2. The van der Waals surface area contributed by atoms with Crippen molar-refractivity contribution in [3.63, 3.8) is 0 Å². The van der Waals surface area contributed by atoms with Crippen LogP contribution in [0.5, 0.6) is 0 Å². The highest BCUT2D eigenvalue weighted by Crippen LogP contribution is 2.23. The van der Waals surface area contributed by atoms with Crippen molar-refractivity contribution >= 4 is 28.3 Å². The van der Waals surface area contributed by atoms with Gasteiger partial charge >= 0.3 is 0 Å². The molecule has 144 valence electrons. The summed E-state index contributed by atoms with van der Waals surface area (Å²) < 4.78 is 18.8. The summed E-state index contributed by atoms with van der Waals surface area (Å²) >= 11 is 1.31. The zero-order valence-electron chi connectivity index (χ0n) is 15.3. The summed E-state index contributed by atoms with van der Waals surface area (Å²) in [6.45, 7) is 4.98. The number of rotatable bonds is 5. The van der Waals surface area contributed by atoms with Crippen LogP contribution in [0, 0.1) is 11.7 Å². The first-order valence-corrected chi connectivity index (χ1v) is 9.70. The van der Waals surface area contributed by atoms with Crippen LogP contribution in [0.15, 0.2) is 29.6 Å². The van der Waals surface area contributed by atoms with Crippen LogP contribution in [0.3, 0.4) is 0 Å². The molecule has 8 heteroatoms. The fourth-order valence-corrected chi connectivity index (χ4v) is 3.43. The third-order valence-corrected chi connectivity index (χ3v) is 5.11. The van der Waals surface area contributed by atoms with E-state index in [1.165, 1.54) is 23.5 Å².